The number of carbonyl (C=O) groups is 2. The summed E-state index contributed by atoms with van der Waals surface area (Å²) < 4.78 is 11.2. The number of benzene rings is 1. The summed E-state index contributed by atoms with van der Waals surface area (Å²) in [5, 5.41) is 0. The van der Waals surface area contributed by atoms with E-state index >= 15 is 0 Å². The van der Waals surface area contributed by atoms with Gasteiger partial charge in [-0.1, -0.05) is 39.0 Å². The second kappa shape index (κ2) is 9.59. The Morgan fingerprint density at radius 3 is 2.14 bits per heavy atom. The van der Waals surface area contributed by atoms with Crippen LogP contribution in [-0.2, 0) is 19.7 Å². The lowest BCUT2D eigenvalue weighted by Crippen LogP contribution is -2.54. The standard InChI is InChI=1S/C22H33N3O4/c1-22(2,3)18-6-4-5-7-19(18)29-17-21(27)25-10-8-24(9-11-25)20(26)16-23-12-14-28-15-13-23/h4-7H,8-17H2,1-3H3. The van der Waals surface area contributed by atoms with Crippen LogP contribution in [0, 0.1) is 0 Å². The van der Waals surface area contributed by atoms with Crippen molar-refractivity contribution in [2.45, 2.75) is 26.2 Å². The molecule has 0 atom stereocenters. The van der Waals surface area contributed by atoms with Crippen LogP contribution in [0.1, 0.15) is 26.3 Å². The van der Waals surface area contributed by atoms with Crippen LogP contribution in [0.25, 0.3) is 0 Å². The highest BCUT2D eigenvalue weighted by Crippen LogP contribution is 2.30. The third-order valence-corrected chi connectivity index (χ3v) is 5.49. The molecule has 0 bridgehead atoms. The zero-order chi connectivity index (χ0) is 20.9. The zero-order valence-corrected chi connectivity index (χ0v) is 17.9. The number of piperazine rings is 1. The number of morpholine rings is 1. The van der Waals surface area contributed by atoms with E-state index < -0.39 is 0 Å². The van der Waals surface area contributed by atoms with Crippen molar-refractivity contribution in [3.05, 3.63) is 29.8 Å². The SMILES string of the molecule is CC(C)(C)c1ccccc1OCC(=O)N1CCN(C(=O)CN2CCOCC2)CC1. The van der Waals surface area contributed by atoms with Crippen LogP contribution < -0.4 is 4.74 Å². The molecule has 2 saturated heterocycles. The second-order valence-electron chi connectivity index (χ2n) is 8.68. The summed E-state index contributed by atoms with van der Waals surface area (Å²) in [6, 6.07) is 7.87. The van der Waals surface area contributed by atoms with E-state index in [0.717, 1.165) is 24.4 Å². The molecule has 2 aliphatic rings. The Labute approximate surface area is 173 Å². The highest BCUT2D eigenvalue weighted by Gasteiger charge is 2.26. The van der Waals surface area contributed by atoms with Gasteiger partial charge in [-0.25, -0.2) is 0 Å². The van der Waals surface area contributed by atoms with E-state index in [9.17, 15) is 9.59 Å². The minimum absolute atomic E-state index is 0.0226. The molecule has 2 fully saturated rings. The van der Waals surface area contributed by atoms with Crippen LogP contribution in [-0.4, -0.2) is 92.1 Å². The summed E-state index contributed by atoms with van der Waals surface area (Å²) in [7, 11) is 0. The molecule has 2 amide bonds. The van der Waals surface area contributed by atoms with Gasteiger partial charge in [-0.2, -0.15) is 0 Å². The van der Waals surface area contributed by atoms with Crippen LogP contribution in [0.4, 0.5) is 0 Å². The van der Waals surface area contributed by atoms with Crippen molar-refractivity contribution in [2.24, 2.45) is 0 Å². The second-order valence-corrected chi connectivity index (χ2v) is 8.68. The fourth-order valence-electron chi connectivity index (χ4n) is 3.70. The van der Waals surface area contributed by atoms with Gasteiger partial charge < -0.3 is 19.3 Å². The molecule has 2 heterocycles. The van der Waals surface area contributed by atoms with Gasteiger partial charge >= 0.3 is 0 Å². The fraction of sp³-hybridized carbons (Fsp3) is 0.636. The van der Waals surface area contributed by atoms with E-state index in [0.29, 0.717) is 45.9 Å². The lowest BCUT2D eigenvalue weighted by molar-refractivity contribution is -0.141. The molecule has 7 nitrogen and oxygen atoms in total. The Balaban J connectivity index is 1.45. The Morgan fingerprint density at radius 2 is 1.52 bits per heavy atom. The highest BCUT2D eigenvalue weighted by atomic mass is 16.5. The number of hydrogen-bond acceptors (Lipinski definition) is 5. The van der Waals surface area contributed by atoms with Crippen molar-refractivity contribution in [2.75, 3.05) is 65.6 Å². The Morgan fingerprint density at radius 1 is 0.931 bits per heavy atom. The largest absolute Gasteiger partial charge is 0.483 e. The van der Waals surface area contributed by atoms with Gasteiger partial charge in [0.25, 0.3) is 5.91 Å². The quantitative estimate of drug-likeness (QED) is 0.743. The lowest BCUT2D eigenvalue weighted by Gasteiger charge is -2.36. The number of carbonyl (C=O) groups excluding carboxylic acids is 2. The average Bonchev–Trinajstić information content (AvgIpc) is 2.72. The Hall–Kier alpha value is -2.12. The van der Waals surface area contributed by atoms with E-state index in [4.69, 9.17) is 9.47 Å². The molecule has 0 radical (unpaired) electrons. The maximum absolute atomic E-state index is 12.6. The number of para-hydroxylation sites is 1. The molecule has 0 aromatic heterocycles. The first-order valence-corrected chi connectivity index (χ1v) is 10.4. The van der Waals surface area contributed by atoms with E-state index in [-0.39, 0.29) is 23.8 Å². The van der Waals surface area contributed by atoms with Crippen LogP contribution in [0.5, 0.6) is 5.75 Å². The molecule has 1 aromatic carbocycles. The van der Waals surface area contributed by atoms with Gasteiger partial charge in [0.2, 0.25) is 5.91 Å². The monoisotopic (exact) mass is 403 g/mol. The van der Waals surface area contributed by atoms with Gasteiger partial charge in [-0.3, -0.25) is 14.5 Å². The lowest BCUT2D eigenvalue weighted by atomic mass is 9.86. The summed E-state index contributed by atoms with van der Waals surface area (Å²) in [5.41, 5.74) is 1.04. The van der Waals surface area contributed by atoms with Gasteiger partial charge in [-0.05, 0) is 17.0 Å². The summed E-state index contributed by atoms with van der Waals surface area (Å²) in [6.07, 6.45) is 0. The molecule has 0 aliphatic carbocycles. The highest BCUT2D eigenvalue weighted by molar-refractivity contribution is 5.80. The molecule has 1 aromatic rings. The summed E-state index contributed by atoms with van der Waals surface area (Å²) in [5.74, 6) is 0.857. The first kappa shape index (κ1) is 21.6. The molecule has 0 unspecified atom stereocenters. The number of amides is 2. The number of hydrogen-bond donors (Lipinski definition) is 0. The predicted octanol–water partition coefficient (Wildman–Crippen LogP) is 1.37. The summed E-state index contributed by atoms with van der Waals surface area (Å²) in [6.45, 7) is 12.1. The molecular formula is C22H33N3O4. The van der Waals surface area contributed by atoms with E-state index in [1.54, 1.807) is 4.90 Å². The smallest absolute Gasteiger partial charge is 0.260 e. The van der Waals surface area contributed by atoms with E-state index in [1.165, 1.54) is 0 Å². The number of rotatable bonds is 5. The third-order valence-electron chi connectivity index (χ3n) is 5.49. The maximum Gasteiger partial charge on any atom is 0.260 e. The fourth-order valence-corrected chi connectivity index (χ4v) is 3.70. The van der Waals surface area contributed by atoms with Crippen molar-refractivity contribution in [3.8, 4) is 5.75 Å². The van der Waals surface area contributed by atoms with Gasteiger partial charge in [0, 0.05) is 39.3 Å². The van der Waals surface area contributed by atoms with Gasteiger partial charge in [-0.15, -0.1) is 0 Å². The molecule has 29 heavy (non-hydrogen) atoms. The van der Waals surface area contributed by atoms with Crippen molar-refractivity contribution in [1.82, 2.24) is 14.7 Å². The van der Waals surface area contributed by atoms with Crippen molar-refractivity contribution >= 4 is 11.8 Å². The normalized spacial score (nSPS) is 18.6. The van der Waals surface area contributed by atoms with Crippen LogP contribution in [0.3, 0.4) is 0 Å². The van der Waals surface area contributed by atoms with Gasteiger partial charge in [0.1, 0.15) is 5.75 Å². The van der Waals surface area contributed by atoms with Crippen molar-refractivity contribution in [1.29, 1.82) is 0 Å². The molecule has 0 spiro atoms. The molecule has 0 saturated carbocycles. The number of ether oxygens (including phenoxy) is 2. The van der Waals surface area contributed by atoms with Crippen LogP contribution in [0.2, 0.25) is 0 Å². The van der Waals surface area contributed by atoms with Gasteiger partial charge in [0.05, 0.1) is 19.8 Å². The predicted molar refractivity (Wildman–Crippen MR) is 111 cm³/mol. The molecular weight excluding hydrogens is 370 g/mol. The molecule has 7 heteroatoms. The summed E-state index contributed by atoms with van der Waals surface area (Å²) in [4.78, 5) is 30.9. The Kier molecular flexibility index (Phi) is 7.14. The van der Waals surface area contributed by atoms with Crippen LogP contribution >= 0.6 is 0 Å². The van der Waals surface area contributed by atoms with Crippen LogP contribution in [0.15, 0.2) is 24.3 Å². The molecule has 3 rings (SSSR count). The topological polar surface area (TPSA) is 62.3 Å². The summed E-state index contributed by atoms with van der Waals surface area (Å²) >= 11 is 0. The first-order chi connectivity index (χ1) is 13.8. The molecule has 160 valence electrons. The van der Waals surface area contributed by atoms with Crippen molar-refractivity contribution in [3.63, 3.8) is 0 Å². The average molecular weight is 404 g/mol. The molecule has 2 aliphatic heterocycles. The number of nitrogens with zero attached hydrogens (tertiary/aromatic N) is 3. The third kappa shape index (κ3) is 5.93. The zero-order valence-electron chi connectivity index (χ0n) is 17.9. The van der Waals surface area contributed by atoms with E-state index in [1.807, 2.05) is 29.2 Å². The maximum atomic E-state index is 12.6. The molecule has 0 N–H and O–H groups in total. The minimum Gasteiger partial charge on any atom is -0.483 e. The first-order valence-electron chi connectivity index (χ1n) is 10.4. The Bertz CT molecular complexity index is 702. The van der Waals surface area contributed by atoms with Gasteiger partial charge in [0.15, 0.2) is 6.61 Å². The van der Waals surface area contributed by atoms with Crippen molar-refractivity contribution < 1.29 is 19.1 Å². The van der Waals surface area contributed by atoms with E-state index in [2.05, 4.69) is 25.7 Å². The minimum atomic E-state index is -0.0495.